The van der Waals surface area contributed by atoms with Crippen molar-refractivity contribution in [3.8, 4) is 10.6 Å². The zero-order valence-corrected chi connectivity index (χ0v) is 23.8. The van der Waals surface area contributed by atoms with Gasteiger partial charge < -0.3 is 19.3 Å². The number of anilines is 2. The van der Waals surface area contributed by atoms with Crippen molar-refractivity contribution in [1.29, 1.82) is 0 Å². The lowest BCUT2D eigenvalue weighted by molar-refractivity contribution is 0.388. The van der Waals surface area contributed by atoms with E-state index in [9.17, 15) is 9.59 Å². The van der Waals surface area contributed by atoms with Crippen molar-refractivity contribution < 1.29 is 4.52 Å². The highest BCUT2D eigenvalue weighted by atomic mass is 32.1. The van der Waals surface area contributed by atoms with E-state index in [2.05, 4.69) is 55.7 Å². The molecule has 5 aromatic heterocycles. The smallest absolute Gasteiger partial charge is 0.332 e. The van der Waals surface area contributed by atoms with Crippen molar-refractivity contribution in [2.45, 2.75) is 40.3 Å². The molecule has 0 radical (unpaired) electrons. The molecule has 0 saturated carbocycles. The van der Waals surface area contributed by atoms with Gasteiger partial charge in [0.05, 0.1) is 18.9 Å². The van der Waals surface area contributed by atoms with Gasteiger partial charge in [-0.05, 0) is 27.7 Å². The molecule has 0 aromatic carbocycles. The first-order chi connectivity index (χ1) is 19.2. The summed E-state index contributed by atoms with van der Waals surface area (Å²) in [7, 11) is 1.58. The Morgan fingerprint density at radius 3 is 2.58 bits per heavy atom. The lowest BCUT2D eigenvalue weighted by Gasteiger charge is -2.18. The molecule has 0 aliphatic rings. The van der Waals surface area contributed by atoms with Crippen LogP contribution >= 0.6 is 11.3 Å². The molecular formula is C26H30N10O3S. The predicted molar refractivity (Wildman–Crippen MR) is 154 cm³/mol. The molecule has 0 amide bonds. The largest absolute Gasteiger partial charge is 0.361 e. The number of nitrogens with zero attached hydrogens (tertiary/aromatic N) is 9. The standard InChI is InChI=1S/C26H30N10O3S/c1-7-34(8-2)25-27-10-18(11-28-25)23-31-20(13-40-23)30-16(4)17(5)36-14-29-22-21(36)24(37)35(26(38)33(22)6)12-19-9-15(3)39-32-19/h9-11,13-14,17,30H,4,7-8,12H2,1-3,5-6H3/t17-/m0/s1. The second-order valence-corrected chi connectivity index (χ2v) is 10.2. The minimum absolute atomic E-state index is 0.0151. The lowest BCUT2D eigenvalue weighted by Crippen LogP contribution is -2.40. The second kappa shape index (κ2) is 10.9. The number of fused-ring (bicyclic) bond motifs is 1. The molecule has 0 spiro atoms. The van der Waals surface area contributed by atoms with Gasteiger partial charge in [0.25, 0.3) is 5.56 Å². The van der Waals surface area contributed by atoms with Crippen molar-refractivity contribution in [2.75, 3.05) is 23.3 Å². The number of imidazole rings is 1. The van der Waals surface area contributed by atoms with Crippen LogP contribution in [0.2, 0.25) is 0 Å². The van der Waals surface area contributed by atoms with E-state index in [4.69, 9.17) is 4.52 Å². The Balaban J connectivity index is 1.38. The number of aryl methyl sites for hydroxylation is 2. The molecule has 40 heavy (non-hydrogen) atoms. The Bertz CT molecular complexity index is 1790. The summed E-state index contributed by atoms with van der Waals surface area (Å²) < 4.78 is 9.27. The van der Waals surface area contributed by atoms with Gasteiger partial charge in [0.2, 0.25) is 5.95 Å². The number of nitrogens with one attached hydrogen (secondary N) is 1. The van der Waals surface area contributed by atoms with E-state index in [1.807, 2.05) is 12.3 Å². The van der Waals surface area contributed by atoms with Crippen LogP contribution in [0.25, 0.3) is 21.7 Å². The highest BCUT2D eigenvalue weighted by Crippen LogP contribution is 2.28. The van der Waals surface area contributed by atoms with E-state index in [0.717, 1.165) is 28.2 Å². The van der Waals surface area contributed by atoms with Crippen LogP contribution in [-0.2, 0) is 13.6 Å². The van der Waals surface area contributed by atoms with Gasteiger partial charge in [-0.15, -0.1) is 11.3 Å². The fourth-order valence-corrected chi connectivity index (χ4v) is 5.11. The zero-order chi connectivity index (χ0) is 28.6. The van der Waals surface area contributed by atoms with Crippen molar-refractivity contribution >= 4 is 34.3 Å². The van der Waals surface area contributed by atoms with Crippen LogP contribution in [0.5, 0.6) is 0 Å². The topological polar surface area (TPSA) is 142 Å². The van der Waals surface area contributed by atoms with Crippen LogP contribution < -0.4 is 21.5 Å². The maximum Gasteiger partial charge on any atom is 0.332 e. The average molecular weight is 563 g/mol. The molecule has 1 N–H and O–H groups in total. The maximum absolute atomic E-state index is 13.5. The number of hydrogen-bond donors (Lipinski definition) is 1. The number of allylic oxidation sites excluding steroid dienone is 1. The quantitative estimate of drug-likeness (QED) is 0.270. The van der Waals surface area contributed by atoms with Crippen LogP contribution in [-0.4, -0.2) is 51.9 Å². The molecule has 0 unspecified atom stereocenters. The highest BCUT2D eigenvalue weighted by molar-refractivity contribution is 7.13. The fourth-order valence-electron chi connectivity index (χ4n) is 4.38. The Labute approximate surface area is 233 Å². The van der Waals surface area contributed by atoms with Crippen LogP contribution in [0, 0.1) is 6.92 Å². The SMILES string of the molecule is C=C(Nc1csc(-c2cnc(N(CC)CC)nc2)n1)[C@H](C)n1cnc2c1c(=O)n(Cc1cc(C)on1)c(=O)n2C. The summed E-state index contributed by atoms with van der Waals surface area (Å²) in [5, 5.41) is 9.81. The molecule has 0 bridgehead atoms. The minimum Gasteiger partial charge on any atom is -0.361 e. The van der Waals surface area contributed by atoms with E-state index in [1.165, 1.54) is 22.2 Å². The van der Waals surface area contributed by atoms with Crippen molar-refractivity contribution in [3.63, 3.8) is 0 Å². The molecule has 1 atom stereocenters. The first kappa shape index (κ1) is 27.0. The molecule has 13 nitrogen and oxygen atoms in total. The summed E-state index contributed by atoms with van der Waals surface area (Å²) in [4.78, 5) is 46.5. The molecular weight excluding hydrogens is 532 g/mol. The van der Waals surface area contributed by atoms with Crippen LogP contribution in [0.3, 0.4) is 0 Å². The zero-order valence-electron chi connectivity index (χ0n) is 23.0. The average Bonchev–Trinajstić information content (AvgIpc) is 3.70. The Morgan fingerprint density at radius 1 is 1.20 bits per heavy atom. The molecule has 0 saturated heterocycles. The summed E-state index contributed by atoms with van der Waals surface area (Å²) in [5.41, 5.74) is 1.49. The normalized spacial score (nSPS) is 12.1. The Hall–Kier alpha value is -4.59. The third-order valence-corrected chi connectivity index (χ3v) is 7.59. The monoisotopic (exact) mass is 562 g/mol. The van der Waals surface area contributed by atoms with Crippen LogP contribution in [0.1, 0.15) is 38.3 Å². The van der Waals surface area contributed by atoms with Gasteiger partial charge in [0.1, 0.15) is 22.3 Å². The first-order valence-corrected chi connectivity index (χ1v) is 13.7. The lowest BCUT2D eigenvalue weighted by atomic mass is 10.2. The number of thiazole rings is 1. The minimum atomic E-state index is -0.489. The van der Waals surface area contributed by atoms with E-state index < -0.39 is 11.2 Å². The highest BCUT2D eigenvalue weighted by Gasteiger charge is 2.21. The van der Waals surface area contributed by atoms with Crippen LogP contribution in [0.4, 0.5) is 11.8 Å². The van der Waals surface area contributed by atoms with Gasteiger partial charge in [0, 0.05) is 55.2 Å². The molecule has 0 fully saturated rings. The van der Waals surface area contributed by atoms with E-state index in [0.29, 0.717) is 28.9 Å². The summed E-state index contributed by atoms with van der Waals surface area (Å²) in [6.45, 7) is 13.6. The number of rotatable bonds is 10. The third-order valence-electron chi connectivity index (χ3n) is 6.70. The van der Waals surface area contributed by atoms with Gasteiger partial charge in [-0.25, -0.2) is 24.7 Å². The fraction of sp³-hybridized carbons (Fsp3) is 0.346. The number of aromatic nitrogens is 8. The number of hydrogen-bond acceptors (Lipinski definition) is 11. The Kier molecular flexibility index (Phi) is 7.34. The maximum atomic E-state index is 13.5. The second-order valence-electron chi connectivity index (χ2n) is 9.29. The van der Waals surface area contributed by atoms with Crippen molar-refractivity contribution in [1.82, 2.24) is 38.8 Å². The summed E-state index contributed by atoms with van der Waals surface area (Å²) >= 11 is 1.46. The summed E-state index contributed by atoms with van der Waals surface area (Å²) in [6.07, 6.45) is 5.08. The van der Waals surface area contributed by atoms with E-state index >= 15 is 0 Å². The molecule has 0 aliphatic carbocycles. The molecule has 0 aliphatic heterocycles. The molecule has 14 heteroatoms. The third kappa shape index (κ3) is 4.93. The molecule has 5 heterocycles. The van der Waals surface area contributed by atoms with E-state index in [-0.39, 0.29) is 23.8 Å². The molecule has 208 valence electrons. The predicted octanol–water partition coefficient (Wildman–Crippen LogP) is 3.19. The molecule has 5 aromatic rings. The first-order valence-electron chi connectivity index (χ1n) is 12.8. The Morgan fingerprint density at radius 2 is 1.93 bits per heavy atom. The van der Waals surface area contributed by atoms with Crippen molar-refractivity contribution in [2.24, 2.45) is 7.05 Å². The summed E-state index contributed by atoms with van der Waals surface area (Å²) in [6, 6.07) is 1.30. The van der Waals surface area contributed by atoms with Gasteiger partial charge in [-0.1, -0.05) is 11.7 Å². The van der Waals surface area contributed by atoms with E-state index in [1.54, 1.807) is 37.0 Å². The van der Waals surface area contributed by atoms with Gasteiger partial charge in [0.15, 0.2) is 11.2 Å². The van der Waals surface area contributed by atoms with Gasteiger partial charge >= 0.3 is 5.69 Å². The van der Waals surface area contributed by atoms with Gasteiger partial charge in [-0.3, -0.25) is 13.9 Å². The van der Waals surface area contributed by atoms with Crippen LogP contribution in [0.15, 0.2) is 56.6 Å². The molecule has 5 rings (SSSR count). The van der Waals surface area contributed by atoms with Crippen molar-refractivity contribution in [3.05, 3.63) is 74.7 Å². The van der Waals surface area contributed by atoms with Gasteiger partial charge in [-0.2, -0.15) is 0 Å². The summed E-state index contributed by atoms with van der Waals surface area (Å²) in [5.74, 6) is 1.89.